The molecule has 1 N–H and O–H groups in total. The molecule has 0 aromatic carbocycles. The minimum atomic E-state index is -0.123. The van der Waals surface area contributed by atoms with Crippen LogP contribution in [0.3, 0.4) is 0 Å². The Morgan fingerprint density at radius 2 is 2.27 bits per heavy atom. The van der Waals surface area contributed by atoms with Gasteiger partial charge in [0.15, 0.2) is 0 Å². The number of nitrogens with zero attached hydrogens (tertiary/aromatic N) is 1. The second-order valence-corrected chi connectivity index (χ2v) is 3.84. The minimum absolute atomic E-state index is 0.123. The van der Waals surface area contributed by atoms with Gasteiger partial charge < -0.3 is 5.11 Å². The lowest BCUT2D eigenvalue weighted by Gasteiger charge is -2.37. The topological polar surface area (TPSA) is 23.5 Å². The zero-order valence-corrected chi connectivity index (χ0v) is 7.58. The third-order valence-electron chi connectivity index (χ3n) is 2.32. The van der Waals surface area contributed by atoms with Crippen LogP contribution in [0.15, 0.2) is 0 Å². The van der Waals surface area contributed by atoms with E-state index in [-0.39, 0.29) is 6.23 Å². The van der Waals surface area contributed by atoms with Gasteiger partial charge in [-0.05, 0) is 25.2 Å². The Morgan fingerprint density at radius 3 is 2.64 bits per heavy atom. The van der Waals surface area contributed by atoms with Crippen molar-refractivity contribution in [2.24, 2.45) is 5.92 Å². The van der Waals surface area contributed by atoms with Crippen LogP contribution in [0.25, 0.3) is 0 Å². The van der Waals surface area contributed by atoms with E-state index in [1.165, 1.54) is 12.8 Å². The summed E-state index contributed by atoms with van der Waals surface area (Å²) in [4.78, 5) is 2.14. The van der Waals surface area contributed by atoms with Gasteiger partial charge in [-0.3, -0.25) is 4.90 Å². The summed E-state index contributed by atoms with van der Waals surface area (Å²) in [6.45, 7) is 6.66. The minimum Gasteiger partial charge on any atom is -0.378 e. The molecule has 1 aliphatic rings. The van der Waals surface area contributed by atoms with Crippen molar-refractivity contribution in [2.75, 3.05) is 13.1 Å². The fourth-order valence-corrected chi connectivity index (χ4v) is 1.39. The average molecular weight is 157 g/mol. The van der Waals surface area contributed by atoms with Crippen molar-refractivity contribution >= 4 is 0 Å². The highest BCUT2D eigenvalue weighted by atomic mass is 16.3. The highest BCUT2D eigenvalue weighted by Gasteiger charge is 2.24. The maximum atomic E-state index is 9.20. The molecule has 1 heterocycles. The van der Waals surface area contributed by atoms with Crippen molar-refractivity contribution in [1.82, 2.24) is 4.90 Å². The Labute approximate surface area is 69.2 Å². The number of aliphatic hydroxyl groups excluding tert-OH is 1. The van der Waals surface area contributed by atoms with Gasteiger partial charge in [0.25, 0.3) is 0 Å². The lowest BCUT2D eigenvalue weighted by atomic mass is 10.1. The average Bonchev–Trinajstić information content (AvgIpc) is 1.94. The molecule has 0 amide bonds. The molecule has 0 aromatic heterocycles. The van der Waals surface area contributed by atoms with Gasteiger partial charge in [0.1, 0.15) is 6.23 Å². The molecule has 1 aliphatic heterocycles. The molecule has 2 nitrogen and oxygen atoms in total. The smallest absolute Gasteiger partial charge is 0.108 e. The van der Waals surface area contributed by atoms with Crippen molar-refractivity contribution in [3.63, 3.8) is 0 Å². The first kappa shape index (κ1) is 9.01. The van der Waals surface area contributed by atoms with Gasteiger partial charge in [-0.1, -0.05) is 13.8 Å². The molecule has 0 spiro atoms. The van der Waals surface area contributed by atoms with E-state index in [2.05, 4.69) is 18.7 Å². The third kappa shape index (κ3) is 2.80. The van der Waals surface area contributed by atoms with Gasteiger partial charge in [0.05, 0.1) is 0 Å². The van der Waals surface area contributed by atoms with Crippen LogP contribution in [0, 0.1) is 5.92 Å². The highest BCUT2D eigenvalue weighted by Crippen LogP contribution is 2.15. The predicted molar refractivity (Wildman–Crippen MR) is 46.3 cm³/mol. The summed E-state index contributed by atoms with van der Waals surface area (Å²) in [5.41, 5.74) is 0. The number of hydrogen-bond donors (Lipinski definition) is 1. The summed E-state index contributed by atoms with van der Waals surface area (Å²) in [5.74, 6) is 0.799. The molecule has 0 aromatic rings. The fourth-order valence-electron chi connectivity index (χ4n) is 1.39. The second kappa shape index (κ2) is 4.07. The van der Waals surface area contributed by atoms with Crippen molar-refractivity contribution in [2.45, 2.75) is 39.3 Å². The fraction of sp³-hybridized carbons (Fsp3) is 1.00. The lowest BCUT2D eigenvalue weighted by molar-refractivity contribution is -0.0743. The number of likely N-dealkylation sites (tertiary alicyclic amines) is 1. The van der Waals surface area contributed by atoms with Gasteiger partial charge in [0.2, 0.25) is 0 Å². The van der Waals surface area contributed by atoms with E-state index < -0.39 is 0 Å². The SMILES string of the molecule is CC(C)CCCN1CC[C@H]1O. The Kier molecular flexibility index (Phi) is 3.34. The Morgan fingerprint density at radius 1 is 1.55 bits per heavy atom. The summed E-state index contributed by atoms with van der Waals surface area (Å²) in [6.07, 6.45) is 3.36. The highest BCUT2D eigenvalue weighted by molar-refractivity contribution is 4.73. The molecule has 0 aliphatic carbocycles. The largest absolute Gasteiger partial charge is 0.378 e. The molecule has 0 unspecified atom stereocenters. The first-order valence-corrected chi connectivity index (χ1v) is 4.62. The van der Waals surface area contributed by atoms with E-state index in [1.807, 2.05) is 0 Å². The predicted octanol–water partition coefficient (Wildman–Crippen LogP) is 1.45. The van der Waals surface area contributed by atoms with Gasteiger partial charge in [-0.15, -0.1) is 0 Å². The van der Waals surface area contributed by atoms with Crippen LogP contribution in [0.4, 0.5) is 0 Å². The maximum absolute atomic E-state index is 9.20. The van der Waals surface area contributed by atoms with E-state index in [1.54, 1.807) is 0 Å². The van der Waals surface area contributed by atoms with Crippen LogP contribution in [-0.2, 0) is 0 Å². The quantitative estimate of drug-likeness (QED) is 0.667. The molecule has 0 saturated carbocycles. The Balaban J connectivity index is 1.95. The van der Waals surface area contributed by atoms with E-state index >= 15 is 0 Å². The van der Waals surface area contributed by atoms with Crippen LogP contribution in [0.1, 0.15) is 33.1 Å². The van der Waals surface area contributed by atoms with Crippen LogP contribution in [-0.4, -0.2) is 29.3 Å². The maximum Gasteiger partial charge on any atom is 0.108 e. The molecule has 2 heteroatoms. The number of hydrogen-bond acceptors (Lipinski definition) is 2. The normalized spacial score (nSPS) is 25.6. The van der Waals surface area contributed by atoms with Gasteiger partial charge in [-0.25, -0.2) is 0 Å². The van der Waals surface area contributed by atoms with Crippen molar-refractivity contribution in [3.05, 3.63) is 0 Å². The lowest BCUT2D eigenvalue weighted by Crippen LogP contribution is -2.47. The van der Waals surface area contributed by atoms with Gasteiger partial charge in [0, 0.05) is 13.1 Å². The molecule has 1 rings (SSSR count). The van der Waals surface area contributed by atoms with Crippen molar-refractivity contribution in [1.29, 1.82) is 0 Å². The van der Waals surface area contributed by atoms with E-state index in [4.69, 9.17) is 0 Å². The second-order valence-electron chi connectivity index (χ2n) is 3.84. The van der Waals surface area contributed by atoms with Gasteiger partial charge >= 0.3 is 0 Å². The zero-order chi connectivity index (χ0) is 8.27. The summed E-state index contributed by atoms with van der Waals surface area (Å²) in [5, 5.41) is 9.20. The summed E-state index contributed by atoms with van der Waals surface area (Å²) in [6, 6.07) is 0. The molecule has 0 radical (unpaired) electrons. The molecular weight excluding hydrogens is 138 g/mol. The van der Waals surface area contributed by atoms with E-state index in [0.29, 0.717) is 0 Å². The molecule has 0 bridgehead atoms. The molecule has 1 saturated heterocycles. The van der Waals surface area contributed by atoms with Gasteiger partial charge in [-0.2, -0.15) is 0 Å². The zero-order valence-electron chi connectivity index (χ0n) is 7.58. The van der Waals surface area contributed by atoms with Crippen LogP contribution in [0.2, 0.25) is 0 Å². The molecule has 11 heavy (non-hydrogen) atoms. The third-order valence-corrected chi connectivity index (χ3v) is 2.32. The van der Waals surface area contributed by atoms with Crippen LogP contribution >= 0.6 is 0 Å². The molecular formula is C9H19NO. The van der Waals surface area contributed by atoms with E-state index in [9.17, 15) is 5.11 Å². The Hall–Kier alpha value is -0.0800. The monoisotopic (exact) mass is 157 g/mol. The Bertz CT molecular complexity index is 114. The van der Waals surface area contributed by atoms with Crippen LogP contribution in [0.5, 0.6) is 0 Å². The molecule has 1 atom stereocenters. The standard InChI is InChI=1S/C9H19NO/c1-8(2)4-3-6-10-7-5-9(10)11/h8-9,11H,3-7H2,1-2H3/t9-/m1/s1. The summed E-state index contributed by atoms with van der Waals surface area (Å²) >= 11 is 0. The molecule has 66 valence electrons. The first-order chi connectivity index (χ1) is 5.20. The molecule has 1 fully saturated rings. The van der Waals surface area contributed by atoms with Crippen molar-refractivity contribution < 1.29 is 5.11 Å². The summed E-state index contributed by atoms with van der Waals surface area (Å²) < 4.78 is 0. The first-order valence-electron chi connectivity index (χ1n) is 4.62. The summed E-state index contributed by atoms with van der Waals surface area (Å²) in [7, 11) is 0. The van der Waals surface area contributed by atoms with Crippen molar-refractivity contribution in [3.8, 4) is 0 Å². The number of rotatable bonds is 4. The number of aliphatic hydroxyl groups is 1. The van der Waals surface area contributed by atoms with Crippen LogP contribution < -0.4 is 0 Å². The van der Waals surface area contributed by atoms with E-state index in [0.717, 1.165) is 25.4 Å².